The van der Waals surface area contributed by atoms with Gasteiger partial charge in [0.2, 0.25) is 5.91 Å². The van der Waals surface area contributed by atoms with Crippen molar-refractivity contribution in [2.75, 3.05) is 13.2 Å². The molecule has 0 bridgehead atoms. The number of thioether (sulfide) groups is 1. The molecule has 2 aliphatic heterocycles. The molecule has 170 valence electrons. The summed E-state index contributed by atoms with van der Waals surface area (Å²) in [7, 11) is 0. The van der Waals surface area contributed by atoms with Gasteiger partial charge in [0.15, 0.2) is 16.7 Å². The molecule has 3 rings (SSSR count). The minimum atomic E-state index is -0.748. The number of carbonyl (C=O) groups excluding carboxylic acids is 3. The molecule has 0 N–H and O–H groups in total. The van der Waals surface area contributed by atoms with Crippen LogP contribution in [-0.4, -0.2) is 46.4 Å². The Morgan fingerprint density at radius 3 is 2.66 bits per heavy atom. The van der Waals surface area contributed by atoms with Crippen molar-refractivity contribution < 1.29 is 28.6 Å². The van der Waals surface area contributed by atoms with Gasteiger partial charge >= 0.3 is 11.9 Å². The Morgan fingerprint density at radius 1 is 1.28 bits per heavy atom. The average Bonchev–Trinajstić information content (AvgIpc) is 3.07. The van der Waals surface area contributed by atoms with Crippen LogP contribution in [0.5, 0.6) is 11.5 Å². The van der Waals surface area contributed by atoms with Crippen LogP contribution in [0.15, 0.2) is 47.1 Å². The second-order valence-corrected chi connectivity index (χ2v) is 8.31. The number of hydrogen-bond acceptors (Lipinski definition) is 8. The van der Waals surface area contributed by atoms with Crippen LogP contribution in [-0.2, 0) is 19.1 Å². The van der Waals surface area contributed by atoms with E-state index in [9.17, 15) is 14.4 Å². The standard InChI is InChI=1S/C23H26N2O6S/c1-6-11-30-22(28)19-13(4)24-23-25(21(27)18(7-2)32-23)20(19)15-9-10-16(31-14(5)26)17(12-15)29-8-3/h6,9-10,12,18,20H,1,7-8,11H2,2-5H3/t18-,20+/m0/s1. The Morgan fingerprint density at radius 2 is 2.03 bits per heavy atom. The first-order valence-corrected chi connectivity index (χ1v) is 11.2. The van der Waals surface area contributed by atoms with Crippen molar-refractivity contribution >= 4 is 34.8 Å². The summed E-state index contributed by atoms with van der Waals surface area (Å²) in [6.45, 7) is 10.7. The molecule has 0 spiro atoms. The van der Waals surface area contributed by atoms with Gasteiger partial charge in [0.05, 0.1) is 29.2 Å². The fourth-order valence-corrected chi connectivity index (χ4v) is 4.71. The van der Waals surface area contributed by atoms with Gasteiger partial charge < -0.3 is 14.2 Å². The fourth-order valence-electron chi connectivity index (χ4n) is 3.58. The van der Waals surface area contributed by atoms with Gasteiger partial charge in [0, 0.05) is 6.92 Å². The molecule has 1 fully saturated rings. The number of allylic oxidation sites excluding steroid dienone is 1. The minimum absolute atomic E-state index is 0.0365. The average molecular weight is 459 g/mol. The van der Waals surface area contributed by atoms with Crippen LogP contribution >= 0.6 is 11.8 Å². The number of rotatable bonds is 8. The molecule has 0 unspecified atom stereocenters. The third kappa shape index (κ3) is 4.57. The molecule has 9 heteroatoms. The summed E-state index contributed by atoms with van der Waals surface area (Å²) >= 11 is 1.39. The number of amidine groups is 1. The summed E-state index contributed by atoms with van der Waals surface area (Å²) < 4.78 is 16.2. The SMILES string of the molecule is C=CCOC(=O)C1=C(C)N=C2S[C@@H](CC)C(=O)N2[C@@H]1c1ccc(OC(C)=O)c(OCC)c1. The topological polar surface area (TPSA) is 94.5 Å². The number of hydrogen-bond donors (Lipinski definition) is 0. The molecule has 1 amide bonds. The summed E-state index contributed by atoms with van der Waals surface area (Å²) in [5, 5.41) is 0.269. The Bertz CT molecular complexity index is 1020. The Hall–Kier alpha value is -3.07. The summed E-state index contributed by atoms with van der Waals surface area (Å²) in [5.41, 5.74) is 1.37. The highest BCUT2D eigenvalue weighted by molar-refractivity contribution is 8.15. The third-order valence-electron chi connectivity index (χ3n) is 4.91. The Labute approximate surface area is 191 Å². The molecule has 2 heterocycles. The number of ether oxygens (including phenoxy) is 3. The van der Waals surface area contributed by atoms with Crippen LogP contribution in [0.3, 0.4) is 0 Å². The van der Waals surface area contributed by atoms with E-state index in [0.717, 1.165) is 0 Å². The van der Waals surface area contributed by atoms with E-state index in [-0.39, 0.29) is 29.1 Å². The molecular formula is C23H26N2O6S. The number of nitrogens with zero attached hydrogens (tertiary/aromatic N) is 2. The second-order valence-electron chi connectivity index (χ2n) is 7.14. The quantitative estimate of drug-likeness (QED) is 0.332. The summed E-state index contributed by atoms with van der Waals surface area (Å²) in [5.74, 6) is -0.572. The number of carbonyl (C=O) groups is 3. The van der Waals surface area contributed by atoms with E-state index in [0.29, 0.717) is 35.2 Å². The van der Waals surface area contributed by atoms with E-state index < -0.39 is 18.0 Å². The van der Waals surface area contributed by atoms with Crippen LogP contribution in [0, 0.1) is 0 Å². The summed E-state index contributed by atoms with van der Waals surface area (Å²) in [6.07, 6.45) is 2.11. The third-order valence-corrected chi connectivity index (χ3v) is 6.23. The van der Waals surface area contributed by atoms with Gasteiger partial charge in [0.1, 0.15) is 6.61 Å². The van der Waals surface area contributed by atoms with E-state index in [2.05, 4.69) is 11.6 Å². The van der Waals surface area contributed by atoms with E-state index >= 15 is 0 Å². The van der Waals surface area contributed by atoms with Crippen molar-refractivity contribution in [1.82, 2.24) is 4.90 Å². The first kappa shape index (κ1) is 23.6. The first-order chi connectivity index (χ1) is 15.3. The highest BCUT2D eigenvalue weighted by Crippen LogP contribution is 2.45. The minimum Gasteiger partial charge on any atom is -0.490 e. The molecule has 32 heavy (non-hydrogen) atoms. The fraction of sp³-hybridized carbons (Fsp3) is 0.391. The molecule has 1 aromatic carbocycles. The van der Waals surface area contributed by atoms with Gasteiger partial charge in [-0.25, -0.2) is 9.79 Å². The van der Waals surface area contributed by atoms with Crippen molar-refractivity contribution in [1.29, 1.82) is 0 Å². The van der Waals surface area contributed by atoms with Gasteiger partial charge in [0.25, 0.3) is 0 Å². The van der Waals surface area contributed by atoms with Crippen LogP contribution in [0.4, 0.5) is 0 Å². The number of aliphatic imine (C=N–C) groups is 1. The van der Waals surface area contributed by atoms with Crippen molar-refractivity contribution in [3.63, 3.8) is 0 Å². The van der Waals surface area contributed by atoms with Gasteiger partial charge in [-0.3, -0.25) is 14.5 Å². The maximum absolute atomic E-state index is 13.2. The molecule has 0 aromatic heterocycles. The number of amides is 1. The lowest BCUT2D eigenvalue weighted by Gasteiger charge is -2.33. The Kier molecular flexibility index (Phi) is 7.40. The van der Waals surface area contributed by atoms with Crippen LogP contribution < -0.4 is 9.47 Å². The number of fused-ring (bicyclic) bond motifs is 1. The molecule has 8 nitrogen and oxygen atoms in total. The first-order valence-electron chi connectivity index (χ1n) is 10.3. The zero-order chi connectivity index (χ0) is 23.4. The largest absolute Gasteiger partial charge is 0.490 e. The maximum atomic E-state index is 13.2. The molecule has 0 aliphatic carbocycles. The number of esters is 2. The van der Waals surface area contributed by atoms with E-state index in [1.165, 1.54) is 24.8 Å². The molecule has 1 saturated heterocycles. The second kappa shape index (κ2) is 10.0. The normalized spacial score (nSPS) is 19.9. The molecule has 0 radical (unpaired) electrons. The number of benzene rings is 1. The highest BCUT2D eigenvalue weighted by Gasteiger charge is 2.47. The zero-order valence-corrected chi connectivity index (χ0v) is 19.4. The van der Waals surface area contributed by atoms with Gasteiger partial charge in [-0.15, -0.1) is 0 Å². The lowest BCUT2D eigenvalue weighted by Crippen LogP contribution is -2.40. The van der Waals surface area contributed by atoms with Gasteiger partial charge in [-0.2, -0.15) is 0 Å². The van der Waals surface area contributed by atoms with Crippen molar-refractivity contribution in [3.05, 3.63) is 47.7 Å². The van der Waals surface area contributed by atoms with Crippen molar-refractivity contribution in [3.8, 4) is 11.5 Å². The maximum Gasteiger partial charge on any atom is 0.338 e. The summed E-state index contributed by atoms with van der Waals surface area (Å²) in [6, 6.07) is 4.24. The van der Waals surface area contributed by atoms with E-state index in [1.807, 2.05) is 13.8 Å². The molecule has 2 aliphatic rings. The van der Waals surface area contributed by atoms with E-state index in [1.54, 1.807) is 30.0 Å². The summed E-state index contributed by atoms with van der Waals surface area (Å²) in [4.78, 5) is 43.7. The predicted octanol–water partition coefficient (Wildman–Crippen LogP) is 3.78. The molecule has 2 atom stereocenters. The molecule has 1 aromatic rings. The van der Waals surface area contributed by atoms with Crippen molar-refractivity contribution in [2.45, 2.75) is 45.4 Å². The lowest BCUT2D eigenvalue weighted by atomic mass is 9.93. The Balaban J connectivity index is 2.14. The monoisotopic (exact) mass is 458 g/mol. The van der Waals surface area contributed by atoms with Crippen molar-refractivity contribution in [2.24, 2.45) is 4.99 Å². The zero-order valence-electron chi connectivity index (χ0n) is 18.5. The highest BCUT2D eigenvalue weighted by atomic mass is 32.2. The van der Waals surface area contributed by atoms with Gasteiger partial charge in [-0.1, -0.05) is 37.4 Å². The molecular weight excluding hydrogens is 432 g/mol. The predicted molar refractivity (Wildman–Crippen MR) is 121 cm³/mol. The van der Waals surface area contributed by atoms with Gasteiger partial charge in [-0.05, 0) is 38.0 Å². The van der Waals surface area contributed by atoms with Crippen LogP contribution in [0.1, 0.15) is 45.7 Å². The smallest absolute Gasteiger partial charge is 0.338 e. The van der Waals surface area contributed by atoms with E-state index in [4.69, 9.17) is 14.2 Å². The van der Waals surface area contributed by atoms with Crippen LogP contribution in [0.2, 0.25) is 0 Å². The lowest BCUT2D eigenvalue weighted by molar-refractivity contribution is -0.139. The van der Waals surface area contributed by atoms with Crippen LogP contribution in [0.25, 0.3) is 0 Å². The molecule has 0 saturated carbocycles.